The van der Waals surface area contributed by atoms with Crippen LogP contribution < -0.4 is 20.7 Å². The molecule has 1 heterocycles. The molecule has 0 saturated carbocycles. The molecule has 10 heteroatoms. The molecule has 0 aliphatic heterocycles. The highest BCUT2D eigenvalue weighted by atomic mass is 32.2. The first-order valence-electron chi connectivity index (χ1n) is 13.6. The van der Waals surface area contributed by atoms with Gasteiger partial charge in [0, 0.05) is 28.5 Å². The van der Waals surface area contributed by atoms with Crippen molar-refractivity contribution in [1.82, 2.24) is 16.0 Å². The molecule has 3 N–H and O–H groups in total. The van der Waals surface area contributed by atoms with Crippen LogP contribution in [-0.2, 0) is 16.1 Å². The summed E-state index contributed by atoms with van der Waals surface area (Å²) in [5, 5.41) is 8.37. The predicted octanol–water partition coefficient (Wildman–Crippen LogP) is 5.64. The zero-order valence-electron chi connectivity index (χ0n) is 25.0. The van der Waals surface area contributed by atoms with Crippen molar-refractivity contribution < 1.29 is 28.3 Å². The number of hydrogen-bond acceptors (Lipinski definition) is 7. The van der Waals surface area contributed by atoms with Crippen molar-refractivity contribution in [2.45, 2.75) is 90.7 Å². The molecule has 3 amide bonds. The second-order valence-corrected chi connectivity index (χ2v) is 13.7. The van der Waals surface area contributed by atoms with E-state index in [0.29, 0.717) is 35.9 Å². The van der Waals surface area contributed by atoms with Gasteiger partial charge in [-0.3, -0.25) is 9.59 Å². The Bertz CT molecular complexity index is 1100. The van der Waals surface area contributed by atoms with Gasteiger partial charge in [-0.05, 0) is 56.5 Å². The van der Waals surface area contributed by atoms with E-state index in [2.05, 4.69) is 36.7 Å². The van der Waals surface area contributed by atoms with Gasteiger partial charge in [-0.25, -0.2) is 4.79 Å². The lowest BCUT2D eigenvalue weighted by Crippen LogP contribution is -2.41. The molecule has 0 fully saturated rings. The highest BCUT2D eigenvalue weighted by molar-refractivity contribution is 8.00. The number of alkyl carbamates (subject to hydrolysis) is 1. The lowest BCUT2D eigenvalue weighted by molar-refractivity contribution is -0.120. The monoisotopic (exact) mass is 575 g/mol. The molecule has 222 valence electrons. The normalized spacial score (nSPS) is 12.5. The average Bonchev–Trinajstić information content (AvgIpc) is 3.36. The van der Waals surface area contributed by atoms with Crippen LogP contribution in [0.3, 0.4) is 0 Å². The minimum Gasteiger partial charge on any atom is -0.493 e. The third-order valence-corrected chi connectivity index (χ3v) is 6.95. The van der Waals surface area contributed by atoms with Crippen LogP contribution in [0.2, 0.25) is 0 Å². The summed E-state index contributed by atoms with van der Waals surface area (Å²) in [6.07, 6.45) is 1.64. The Morgan fingerprint density at radius 1 is 1.02 bits per heavy atom. The van der Waals surface area contributed by atoms with Gasteiger partial charge in [-0.15, -0.1) is 0 Å². The molecule has 0 saturated heterocycles. The Hall–Kier alpha value is -3.14. The first-order valence-corrected chi connectivity index (χ1v) is 14.6. The second kappa shape index (κ2) is 15.0. The molecular weight excluding hydrogens is 530 g/mol. The van der Waals surface area contributed by atoms with E-state index in [4.69, 9.17) is 13.9 Å². The molecule has 0 radical (unpaired) electrons. The summed E-state index contributed by atoms with van der Waals surface area (Å²) < 4.78 is 16.7. The van der Waals surface area contributed by atoms with Gasteiger partial charge in [0.2, 0.25) is 5.91 Å². The zero-order valence-corrected chi connectivity index (χ0v) is 25.8. The molecule has 1 aromatic carbocycles. The van der Waals surface area contributed by atoms with Crippen molar-refractivity contribution in [2.75, 3.05) is 18.9 Å². The van der Waals surface area contributed by atoms with E-state index in [1.54, 1.807) is 30.0 Å². The summed E-state index contributed by atoms with van der Waals surface area (Å²) in [6.45, 7) is 16.3. The van der Waals surface area contributed by atoms with Crippen LogP contribution in [0.15, 0.2) is 41.0 Å². The van der Waals surface area contributed by atoms with Crippen LogP contribution in [-0.4, -0.2) is 53.2 Å². The van der Waals surface area contributed by atoms with Crippen LogP contribution in [0, 0.1) is 0 Å². The summed E-state index contributed by atoms with van der Waals surface area (Å²) in [7, 11) is 0. The molecular formula is C30H45N3O6S. The largest absolute Gasteiger partial charge is 0.493 e. The molecule has 0 aliphatic carbocycles. The molecule has 9 nitrogen and oxygen atoms in total. The minimum atomic E-state index is -0.586. The predicted molar refractivity (Wildman–Crippen MR) is 159 cm³/mol. The number of thioether (sulfide) groups is 1. The summed E-state index contributed by atoms with van der Waals surface area (Å²) in [5.41, 5.74) is 0.724. The molecule has 0 aliphatic rings. The smallest absolute Gasteiger partial charge is 0.407 e. The number of carbonyl (C=O) groups excluding carboxylic acids is 3. The summed E-state index contributed by atoms with van der Waals surface area (Å²) >= 11 is 1.75. The maximum atomic E-state index is 13.0. The first-order chi connectivity index (χ1) is 18.6. The molecule has 1 unspecified atom stereocenters. The number of benzene rings is 1. The average molecular weight is 576 g/mol. The van der Waals surface area contributed by atoms with Crippen molar-refractivity contribution in [1.29, 1.82) is 0 Å². The highest BCUT2D eigenvalue weighted by Crippen LogP contribution is 2.26. The second-order valence-electron chi connectivity index (χ2n) is 11.8. The molecule has 2 rings (SSSR count). The Balaban J connectivity index is 2.00. The first kappa shape index (κ1) is 33.1. The number of ether oxygens (including phenoxy) is 2. The number of nitrogens with one attached hydrogen (secondary N) is 3. The Morgan fingerprint density at radius 2 is 1.75 bits per heavy atom. The number of hydrogen-bond donors (Lipinski definition) is 3. The lowest BCUT2D eigenvalue weighted by atomic mass is 9.96. The third kappa shape index (κ3) is 12.8. The summed E-state index contributed by atoms with van der Waals surface area (Å²) in [6, 6.07) is 8.76. The van der Waals surface area contributed by atoms with Crippen LogP contribution in [0.1, 0.15) is 89.4 Å². The van der Waals surface area contributed by atoms with Gasteiger partial charge in [-0.1, -0.05) is 40.7 Å². The van der Waals surface area contributed by atoms with Crippen molar-refractivity contribution in [3.8, 4) is 5.75 Å². The maximum absolute atomic E-state index is 13.0. The van der Waals surface area contributed by atoms with Gasteiger partial charge in [-0.2, -0.15) is 11.8 Å². The van der Waals surface area contributed by atoms with Gasteiger partial charge in [0.1, 0.15) is 17.1 Å². The van der Waals surface area contributed by atoms with E-state index < -0.39 is 11.7 Å². The fourth-order valence-corrected chi connectivity index (χ4v) is 4.53. The van der Waals surface area contributed by atoms with E-state index in [0.717, 1.165) is 5.56 Å². The SMILES string of the molecule is CC(C)c1ccc(OCCC(CSC(C)(C)C)NC(=O)OC(C)(C)C)cc1C(=O)NCC(=O)NCc1ccco1. The van der Waals surface area contributed by atoms with Crippen molar-refractivity contribution >= 4 is 29.7 Å². The molecule has 0 bridgehead atoms. The fourth-order valence-electron chi connectivity index (χ4n) is 3.58. The fraction of sp³-hybridized carbons (Fsp3) is 0.567. The Labute approximate surface area is 242 Å². The summed E-state index contributed by atoms with van der Waals surface area (Å²) in [5.74, 6) is 1.30. The lowest BCUT2D eigenvalue weighted by Gasteiger charge is -2.26. The van der Waals surface area contributed by atoms with E-state index in [9.17, 15) is 14.4 Å². The summed E-state index contributed by atoms with van der Waals surface area (Å²) in [4.78, 5) is 37.6. The van der Waals surface area contributed by atoms with Crippen molar-refractivity contribution in [2.24, 2.45) is 0 Å². The van der Waals surface area contributed by atoms with Crippen LogP contribution in [0.5, 0.6) is 5.75 Å². The third-order valence-electron chi connectivity index (χ3n) is 5.51. The van der Waals surface area contributed by atoms with E-state index in [1.165, 1.54) is 6.26 Å². The molecule has 0 spiro atoms. The van der Waals surface area contributed by atoms with Gasteiger partial charge < -0.3 is 29.8 Å². The quantitative estimate of drug-likeness (QED) is 0.283. The maximum Gasteiger partial charge on any atom is 0.407 e. The van der Waals surface area contributed by atoms with Gasteiger partial charge in [0.15, 0.2) is 0 Å². The minimum absolute atomic E-state index is 0.0410. The van der Waals surface area contributed by atoms with E-state index >= 15 is 0 Å². The number of furan rings is 1. The number of amides is 3. The molecule has 2 aromatic rings. The van der Waals surface area contributed by atoms with Gasteiger partial charge in [0.05, 0.1) is 26.0 Å². The van der Waals surface area contributed by atoms with E-state index in [1.807, 2.05) is 46.8 Å². The molecule has 1 aromatic heterocycles. The van der Waals surface area contributed by atoms with Crippen LogP contribution in [0.25, 0.3) is 0 Å². The van der Waals surface area contributed by atoms with Gasteiger partial charge in [0.25, 0.3) is 5.91 Å². The molecule has 1 atom stereocenters. The number of carbonyl (C=O) groups is 3. The van der Waals surface area contributed by atoms with Gasteiger partial charge >= 0.3 is 6.09 Å². The zero-order chi connectivity index (χ0) is 29.9. The number of rotatable bonds is 13. The van der Waals surface area contributed by atoms with Crippen molar-refractivity contribution in [3.05, 3.63) is 53.5 Å². The standard InChI is InChI=1S/C30H45N3O6S/c1-20(2)24-12-11-22(16-25(24)27(35)32-18-26(34)31-17-23-10-9-14-37-23)38-15-13-21(19-40-30(6,7)8)33-28(36)39-29(3,4)5/h9-12,14,16,20-21H,13,15,17-19H2,1-8H3,(H,31,34)(H,32,35)(H,33,36). The van der Waals surface area contributed by atoms with Crippen LogP contribution >= 0.6 is 11.8 Å². The van der Waals surface area contributed by atoms with E-state index in [-0.39, 0.29) is 41.6 Å². The highest BCUT2D eigenvalue weighted by Gasteiger charge is 2.22. The topological polar surface area (TPSA) is 119 Å². The Morgan fingerprint density at radius 3 is 2.35 bits per heavy atom. The Kier molecular flexibility index (Phi) is 12.4. The van der Waals surface area contributed by atoms with Crippen LogP contribution in [0.4, 0.5) is 4.79 Å². The van der Waals surface area contributed by atoms with Crippen molar-refractivity contribution in [3.63, 3.8) is 0 Å². The molecule has 40 heavy (non-hydrogen) atoms.